The van der Waals surface area contributed by atoms with E-state index in [-0.39, 0.29) is 17.2 Å². The Bertz CT molecular complexity index is 695. The van der Waals surface area contributed by atoms with E-state index in [4.69, 9.17) is 21.4 Å². The lowest BCUT2D eigenvalue weighted by Crippen LogP contribution is -2.07. The van der Waals surface area contributed by atoms with E-state index < -0.39 is 5.97 Å². The summed E-state index contributed by atoms with van der Waals surface area (Å²) in [5.41, 5.74) is 1.57. The Morgan fingerprint density at radius 1 is 1.14 bits per heavy atom. The van der Waals surface area contributed by atoms with E-state index in [1.807, 2.05) is 30.3 Å². The van der Waals surface area contributed by atoms with Gasteiger partial charge in [0.1, 0.15) is 12.4 Å². The van der Waals surface area contributed by atoms with Crippen molar-refractivity contribution < 1.29 is 19.4 Å². The Balaban J connectivity index is 2.31. The molecule has 0 aliphatic heterocycles. The number of halogens is 1. The number of carbonyl (C=O) groups is 2. The van der Waals surface area contributed by atoms with E-state index in [9.17, 15) is 9.59 Å². The third-order valence-electron chi connectivity index (χ3n) is 3.14. The van der Waals surface area contributed by atoms with Gasteiger partial charge >= 0.3 is 5.97 Å². The molecule has 114 valence electrons. The maximum atomic E-state index is 11.5. The first kappa shape index (κ1) is 16.0. The molecule has 0 saturated heterocycles. The highest BCUT2D eigenvalue weighted by molar-refractivity contribution is 6.35. The van der Waals surface area contributed by atoms with Gasteiger partial charge in [0.25, 0.3) is 0 Å². The van der Waals surface area contributed by atoms with Crippen LogP contribution in [0.4, 0.5) is 0 Å². The molecule has 22 heavy (non-hydrogen) atoms. The van der Waals surface area contributed by atoms with Crippen LogP contribution in [-0.4, -0.2) is 16.9 Å². The van der Waals surface area contributed by atoms with Crippen molar-refractivity contribution in [3.63, 3.8) is 0 Å². The highest BCUT2D eigenvalue weighted by Crippen LogP contribution is 2.31. The van der Waals surface area contributed by atoms with Crippen molar-refractivity contribution in [2.75, 3.05) is 0 Å². The molecule has 0 radical (unpaired) electrons. The van der Waals surface area contributed by atoms with Crippen LogP contribution >= 0.6 is 11.6 Å². The molecule has 0 aromatic heterocycles. The van der Waals surface area contributed by atoms with Crippen LogP contribution in [0.5, 0.6) is 5.75 Å². The van der Waals surface area contributed by atoms with Crippen LogP contribution in [0.2, 0.25) is 5.02 Å². The average molecular weight is 319 g/mol. The van der Waals surface area contributed by atoms with Crippen molar-refractivity contribution in [1.82, 2.24) is 0 Å². The van der Waals surface area contributed by atoms with Gasteiger partial charge in [-0.05, 0) is 24.6 Å². The normalized spacial score (nSPS) is 10.3. The average Bonchev–Trinajstić information content (AvgIpc) is 2.48. The van der Waals surface area contributed by atoms with Crippen molar-refractivity contribution in [3.8, 4) is 5.75 Å². The highest BCUT2D eigenvalue weighted by atomic mass is 35.5. The third kappa shape index (κ3) is 3.86. The Kier molecular flexibility index (Phi) is 5.17. The Morgan fingerprint density at radius 3 is 2.41 bits per heavy atom. The molecule has 1 N–H and O–H groups in total. The lowest BCUT2D eigenvalue weighted by Gasteiger charge is -2.14. The van der Waals surface area contributed by atoms with Gasteiger partial charge in [0.15, 0.2) is 5.78 Å². The minimum atomic E-state index is -1.04. The molecule has 0 fully saturated rings. The number of hydrogen-bond acceptors (Lipinski definition) is 3. The molecular formula is C17H15ClO4. The summed E-state index contributed by atoms with van der Waals surface area (Å²) in [6.45, 7) is 1.68. The smallest absolute Gasteiger partial charge is 0.308 e. The largest absolute Gasteiger partial charge is 0.489 e. The fourth-order valence-electron chi connectivity index (χ4n) is 2.06. The lowest BCUT2D eigenvalue weighted by atomic mass is 10.0. The number of aliphatic carboxylic acids is 1. The number of ketones is 1. The summed E-state index contributed by atoms with van der Waals surface area (Å²) in [4.78, 5) is 22.6. The molecule has 0 unspecified atom stereocenters. The van der Waals surface area contributed by atoms with Gasteiger partial charge in [0, 0.05) is 11.1 Å². The number of ether oxygens (including phenoxy) is 1. The van der Waals surface area contributed by atoms with E-state index in [0.717, 1.165) is 5.56 Å². The van der Waals surface area contributed by atoms with Crippen LogP contribution in [0.25, 0.3) is 0 Å². The van der Waals surface area contributed by atoms with E-state index in [2.05, 4.69) is 0 Å². The zero-order valence-corrected chi connectivity index (χ0v) is 12.8. The second-order valence-corrected chi connectivity index (χ2v) is 5.18. The zero-order chi connectivity index (χ0) is 16.1. The van der Waals surface area contributed by atoms with Gasteiger partial charge in [-0.25, -0.2) is 0 Å². The SMILES string of the molecule is CC(=O)c1ccc(OCc2ccccc2)c(CC(=O)O)c1Cl. The van der Waals surface area contributed by atoms with Gasteiger partial charge in [0.2, 0.25) is 0 Å². The molecule has 0 aliphatic rings. The number of rotatable bonds is 6. The molecule has 0 spiro atoms. The predicted octanol–water partition coefficient (Wildman–Crippen LogP) is 3.75. The van der Waals surface area contributed by atoms with Crippen LogP contribution in [0.1, 0.15) is 28.4 Å². The molecule has 0 amide bonds. The zero-order valence-electron chi connectivity index (χ0n) is 12.0. The van der Waals surface area contributed by atoms with E-state index in [1.165, 1.54) is 6.92 Å². The monoisotopic (exact) mass is 318 g/mol. The van der Waals surface area contributed by atoms with Crippen molar-refractivity contribution in [2.24, 2.45) is 0 Å². The molecule has 2 rings (SSSR count). The van der Waals surface area contributed by atoms with E-state index >= 15 is 0 Å². The Labute approximate surface area is 133 Å². The molecule has 0 heterocycles. The van der Waals surface area contributed by atoms with Crippen LogP contribution in [0.15, 0.2) is 42.5 Å². The number of carboxylic acids is 1. The van der Waals surface area contributed by atoms with E-state index in [0.29, 0.717) is 23.5 Å². The fourth-order valence-corrected chi connectivity index (χ4v) is 2.42. The summed E-state index contributed by atoms with van der Waals surface area (Å²) >= 11 is 6.17. The third-order valence-corrected chi connectivity index (χ3v) is 3.58. The van der Waals surface area contributed by atoms with Gasteiger partial charge in [-0.2, -0.15) is 0 Å². The number of carboxylic acid groups (broad SMARTS) is 1. The molecule has 4 nitrogen and oxygen atoms in total. The van der Waals surface area contributed by atoms with E-state index in [1.54, 1.807) is 12.1 Å². The van der Waals surface area contributed by atoms with Gasteiger partial charge < -0.3 is 9.84 Å². The van der Waals surface area contributed by atoms with Crippen LogP contribution in [0.3, 0.4) is 0 Å². The van der Waals surface area contributed by atoms with Gasteiger partial charge in [-0.1, -0.05) is 41.9 Å². The Hall–Kier alpha value is -2.33. The lowest BCUT2D eigenvalue weighted by molar-refractivity contribution is -0.136. The number of benzene rings is 2. The number of Topliss-reactive ketones (excluding diaryl/α,β-unsaturated/α-hetero) is 1. The summed E-state index contributed by atoms with van der Waals surface area (Å²) in [6.07, 6.45) is -0.302. The van der Waals surface area contributed by atoms with Crippen molar-refractivity contribution in [3.05, 3.63) is 64.2 Å². The minimum absolute atomic E-state index is 0.139. The minimum Gasteiger partial charge on any atom is -0.489 e. The molecule has 0 saturated carbocycles. The fraction of sp³-hybridized carbons (Fsp3) is 0.176. The standard InChI is InChI=1S/C17H15ClO4/c1-11(19)13-7-8-15(14(17(13)18)9-16(20)21)22-10-12-5-3-2-4-6-12/h2-8H,9-10H2,1H3,(H,20,21). The van der Waals surface area contributed by atoms with Crippen molar-refractivity contribution in [2.45, 2.75) is 20.0 Å². The molecule has 0 atom stereocenters. The summed E-state index contributed by atoms with van der Waals surface area (Å²) < 4.78 is 5.68. The molecule has 2 aromatic carbocycles. The number of hydrogen-bond donors (Lipinski definition) is 1. The van der Waals surface area contributed by atoms with Gasteiger partial charge in [0.05, 0.1) is 11.4 Å². The van der Waals surface area contributed by atoms with Crippen LogP contribution in [0, 0.1) is 0 Å². The first-order valence-electron chi connectivity index (χ1n) is 6.70. The van der Waals surface area contributed by atoms with Crippen molar-refractivity contribution >= 4 is 23.4 Å². The molecule has 0 aliphatic carbocycles. The van der Waals surface area contributed by atoms with Gasteiger partial charge in [-0.3, -0.25) is 9.59 Å². The maximum absolute atomic E-state index is 11.5. The molecular weight excluding hydrogens is 304 g/mol. The Morgan fingerprint density at radius 2 is 1.82 bits per heavy atom. The second-order valence-electron chi connectivity index (χ2n) is 4.80. The number of carbonyl (C=O) groups excluding carboxylic acids is 1. The summed E-state index contributed by atoms with van der Waals surface area (Å²) in [5.74, 6) is -0.875. The first-order chi connectivity index (χ1) is 10.5. The van der Waals surface area contributed by atoms with Crippen molar-refractivity contribution in [1.29, 1.82) is 0 Å². The first-order valence-corrected chi connectivity index (χ1v) is 7.07. The molecule has 0 bridgehead atoms. The summed E-state index contributed by atoms with van der Waals surface area (Å²) in [5, 5.41) is 9.17. The predicted molar refractivity (Wildman–Crippen MR) is 83.6 cm³/mol. The summed E-state index contributed by atoms with van der Waals surface area (Å²) in [7, 11) is 0. The molecule has 2 aromatic rings. The van der Waals surface area contributed by atoms with Gasteiger partial charge in [-0.15, -0.1) is 0 Å². The van der Waals surface area contributed by atoms with Crippen LogP contribution in [-0.2, 0) is 17.8 Å². The maximum Gasteiger partial charge on any atom is 0.308 e. The topological polar surface area (TPSA) is 63.6 Å². The summed E-state index contributed by atoms with van der Waals surface area (Å²) in [6, 6.07) is 12.6. The second kappa shape index (κ2) is 7.09. The van der Waals surface area contributed by atoms with Crippen LogP contribution < -0.4 is 4.74 Å². The highest BCUT2D eigenvalue weighted by Gasteiger charge is 2.18. The molecule has 5 heteroatoms. The quantitative estimate of drug-likeness (QED) is 0.824.